The normalized spacial score (nSPS) is 20.7. The highest BCUT2D eigenvalue weighted by atomic mass is 16.5. The van der Waals surface area contributed by atoms with Gasteiger partial charge >= 0.3 is 0 Å². The maximum Gasteiger partial charge on any atom is 0.108 e. The molecule has 1 aliphatic rings. The molecule has 0 aromatic heterocycles. The summed E-state index contributed by atoms with van der Waals surface area (Å²) < 4.78 is 6.19. The topological polar surface area (TPSA) is 52.9 Å². The minimum absolute atomic E-state index is 0.195. The second-order valence-electron chi connectivity index (χ2n) is 7.19. The summed E-state index contributed by atoms with van der Waals surface area (Å²) in [6.07, 6.45) is 0.785. The third-order valence-corrected chi connectivity index (χ3v) is 4.98. The number of β-amino-alcohol motifs (C(OH)–C–C–N with tert-alkyl or cyclic N) is 2. The van der Waals surface area contributed by atoms with Crippen molar-refractivity contribution < 1.29 is 14.9 Å². The van der Waals surface area contributed by atoms with E-state index in [2.05, 4.69) is 36.1 Å². The molecule has 0 radical (unpaired) electrons. The molecule has 0 aliphatic carbocycles. The Morgan fingerprint density at radius 1 is 1.12 bits per heavy atom. The third kappa shape index (κ3) is 5.15. The molecule has 1 saturated heterocycles. The number of aryl methyl sites for hydroxylation is 1. The number of rotatable bonds is 7. The smallest absolute Gasteiger partial charge is 0.108 e. The maximum absolute atomic E-state index is 10.5. The van der Waals surface area contributed by atoms with E-state index in [-0.39, 0.29) is 18.8 Å². The van der Waals surface area contributed by atoms with Gasteiger partial charge in [0, 0.05) is 13.1 Å². The number of hydrogen-bond acceptors (Lipinski definition) is 4. The summed E-state index contributed by atoms with van der Waals surface area (Å²) >= 11 is 0. The van der Waals surface area contributed by atoms with E-state index >= 15 is 0 Å². The molecule has 2 aromatic carbocycles. The number of benzene rings is 2. The molecule has 3 rings (SSSR count). The highest BCUT2D eigenvalue weighted by molar-refractivity contribution is 5.35. The zero-order valence-corrected chi connectivity index (χ0v) is 15.4. The van der Waals surface area contributed by atoms with Gasteiger partial charge < -0.3 is 14.9 Å². The van der Waals surface area contributed by atoms with E-state index in [0.717, 1.165) is 30.5 Å². The van der Waals surface area contributed by atoms with Crippen molar-refractivity contribution in [3.05, 3.63) is 71.3 Å². The van der Waals surface area contributed by atoms with Crippen LogP contribution in [0.1, 0.15) is 35.6 Å². The van der Waals surface area contributed by atoms with E-state index < -0.39 is 6.10 Å². The molecule has 26 heavy (non-hydrogen) atoms. The Hall–Kier alpha value is -1.72. The van der Waals surface area contributed by atoms with Crippen LogP contribution in [0.15, 0.2) is 54.6 Å². The molecule has 0 saturated carbocycles. The van der Waals surface area contributed by atoms with E-state index in [1.165, 1.54) is 5.56 Å². The molecular weight excluding hydrogens is 326 g/mol. The zero-order chi connectivity index (χ0) is 18.4. The first-order chi connectivity index (χ1) is 12.6. The van der Waals surface area contributed by atoms with Gasteiger partial charge in [-0.25, -0.2) is 0 Å². The molecule has 3 atom stereocenters. The average molecular weight is 355 g/mol. The largest absolute Gasteiger partial charge is 0.392 e. The number of nitrogens with zero attached hydrogens (tertiary/aromatic N) is 1. The van der Waals surface area contributed by atoms with Crippen LogP contribution >= 0.6 is 0 Å². The highest BCUT2D eigenvalue weighted by Gasteiger charge is 2.22. The molecule has 1 fully saturated rings. The lowest BCUT2D eigenvalue weighted by atomic mass is 9.97. The number of ether oxygens (including phenoxy) is 1. The summed E-state index contributed by atoms with van der Waals surface area (Å²) in [5, 5.41) is 20.2. The molecule has 140 valence electrons. The van der Waals surface area contributed by atoms with Gasteiger partial charge in [0.05, 0.1) is 18.8 Å². The Morgan fingerprint density at radius 3 is 2.58 bits per heavy atom. The lowest BCUT2D eigenvalue weighted by molar-refractivity contribution is -0.0206. The first-order valence-corrected chi connectivity index (χ1v) is 9.44. The summed E-state index contributed by atoms with van der Waals surface area (Å²) in [5.41, 5.74) is 3.39. The van der Waals surface area contributed by atoms with Gasteiger partial charge in [-0.15, -0.1) is 0 Å². The van der Waals surface area contributed by atoms with Gasteiger partial charge in [-0.2, -0.15) is 0 Å². The summed E-state index contributed by atoms with van der Waals surface area (Å²) in [5.74, 6) is 0. The minimum Gasteiger partial charge on any atom is -0.392 e. The van der Waals surface area contributed by atoms with Crippen molar-refractivity contribution in [3.8, 4) is 0 Å². The lowest BCUT2D eigenvalue weighted by Crippen LogP contribution is -2.43. The second-order valence-corrected chi connectivity index (χ2v) is 7.19. The SMILES string of the molecule is Cc1ccccc1[C@H](OC[C@@H](O)CN1CCC[C@@H](O)C1)c1ccccc1. The maximum atomic E-state index is 10.5. The van der Waals surface area contributed by atoms with Crippen molar-refractivity contribution in [2.45, 2.75) is 38.1 Å². The molecule has 2 aromatic rings. The molecule has 4 nitrogen and oxygen atoms in total. The van der Waals surface area contributed by atoms with Gasteiger partial charge in [-0.3, -0.25) is 4.90 Å². The standard InChI is InChI=1S/C22H29NO3/c1-17-8-5-6-12-21(17)22(18-9-3-2-4-10-18)26-16-20(25)15-23-13-7-11-19(24)14-23/h2-6,8-10,12,19-20,22,24-25H,7,11,13-16H2,1H3/t19-,20+,22-/m1/s1. The average Bonchev–Trinajstić information content (AvgIpc) is 2.64. The van der Waals surface area contributed by atoms with Crippen LogP contribution in [0.4, 0.5) is 0 Å². The van der Waals surface area contributed by atoms with Gasteiger partial charge in [-0.1, -0.05) is 54.6 Å². The Kier molecular flexibility index (Phi) is 6.80. The summed E-state index contributed by atoms with van der Waals surface area (Å²) in [6, 6.07) is 18.3. The van der Waals surface area contributed by atoms with Crippen molar-refractivity contribution in [2.24, 2.45) is 0 Å². The lowest BCUT2D eigenvalue weighted by Gasteiger charge is -2.32. The van der Waals surface area contributed by atoms with Crippen LogP contribution in [0.5, 0.6) is 0 Å². The predicted octanol–water partition coefficient (Wildman–Crippen LogP) is 2.92. The van der Waals surface area contributed by atoms with Crippen molar-refractivity contribution in [2.75, 3.05) is 26.2 Å². The molecule has 1 aliphatic heterocycles. The van der Waals surface area contributed by atoms with Crippen LogP contribution in [0.25, 0.3) is 0 Å². The Bertz CT molecular complexity index is 676. The molecule has 0 unspecified atom stereocenters. The van der Waals surface area contributed by atoms with Crippen LogP contribution in [0, 0.1) is 6.92 Å². The molecule has 2 N–H and O–H groups in total. The van der Waals surface area contributed by atoms with Crippen molar-refractivity contribution in [1.29, 1.82) is 0 Å². The zero-order valence-electron chi connectivity index (χ0n) is 15.4. The Labute approximate surface area is 156 Å². The number of hydrogen-bond donors (Lipinski definition) is 2. The highest BCUT2D eigenvalue weighted by Crippen LogP contribution is 2.28. The summed E-state index contributed by atoms with van der Waals surface area (Å²) in [7, 11) is 0. The molecule has 0 amide bonds. The fourth-order valence-corrected chi connectivity index (χ4v) is 3.63. The number of aliphatic hydroxyl groups is 2. The molecule has 4 heteroatoms. The fraction of sp³-hybridized carbons (Fsp3) is 0.455. The van der Waals surface area contributed by atoms with E-state index in [1.54, 1.807) is 0 Å². The van der Waals surface area contributed by atoms with E-state index in [4.69, 9.17) is 4.74 Å². The Morgan fingerprint density at radius 2 is 1.85 bits per heavy atom. The molecule has 0 spiro atoms. The van der Waals surface area contributed by atoms with Gasteiger partial charge in [0.15, 0.2) is 0 Å². The molecule has 0 bridgehead atoms. The van der Waals surface area contributed by atoms with E-state index in [1.807, 2.05) is 30.3 Å². The van der Waals surface area contributed by atoms with Crippen LogP contribution in [-0.2, 0) is 4.74 Å². The minimum atomic E-state index is -0.574. The first-order valence-electron chi connectivity index (χ1n) is 9.44. The van der Waals surface area contributed by atoms with Crippen LogP contribution in [0.2, 0.25) is 0 Å². The molecular formula is C22H29NO3. The quantitative estimate of drug-likeness (QED) is 0.802. The van der Waals surface area contributed by atoms with Crippen molar-refractivity contribution in [1.82, 2.24) is 4.90 Å². The van der Waals surface area contributed by atoms with Gasteiger partial charge in [0.25, 0.3) is 0 Å². The van der Waals surface area contributed by atoms with Crippen LogP contribution in [-0.4, -0.2) is 53.6 Å². The second kappa shape index (κ2) is 9.28. The fourth-order valence-electron chi connectivity index (χ4n) is 3.63. The number of piperidine rings is 1. The van der Waals surface area contributed by atoms with Crippen LogP contribution in [0.3, 0.4) is 0 Å². The number of likely N-dealkylation sites (tertiary alicyclic amines) is 1. The predicted molar refractivity (Wildman–Crippen MR) is 103 cm³/mol. The third-order valence-electron chi connectivity index (χ3n) is 4.98. The van der Waals surface area contributed by atoms with E-state index in [0.29, 0.717) is 13.1 Å². The first kappa shape index (κ1) is 19.1. The Balaban J connectivity index is 1.65. The van der Waals surface area contributed by atoms with Crippen molar-refractivity contribution in [3.63, 3.8) is 0 Å². The monoisotopic (exact) mass is 355 g/mol. The number of aliphatic hydroxyl groups excluding tert-OH is 2. The molecule has 1 heterocycles. The van der Waals surface area contributed by atoms with Gasteiger partial charge in [0.2, 0.25) is 0 Å². The van der Waals surface area contributed by atoms with Gasteiger partial charge in [-0.05, 0) is 43.0 Å². The van der Waals surface area contributed by atoms with Crippen LogP contribution < -0.4 is 0 Å². The summed E-state index contributed by atoms with van der Waals surface area (Å²) in [6.45, 7) is 4.44. The van der Waals surface area contributed by atoms with E-state index in [9.17, 15) is 10.2 Å². The van der Waals surface area contributed by atoms with Crippen molar-refractivity contribution >= 4 is 0 Å². The summed E-state index contributed by atoms with van der Waals surface area (Å²) in [4.78, 5) is 2.12. The van der Waals surface area contributed by atoms with Gasteiger partial charge in [0.1, 0.15) is 6.10 Å².